The molecule has 0 radical (unpaired) electrons. The van der Waals surface area contributed by atoms with E-state index in [1.165, 1.54) is 0 Å². The SMILES string of the molecule is CC(C)(C)CC(=O)N1[C@@H]2CNC[C@H]1COC2. The van der Waals surface area contributed by atoms with Gasteiger partial charge < -0.3 is 15.0 Å². The van der Waals surface area contributed by atoms with Gasteiger partial charge in [-0.15, -0.1) is 0 Å². The Balaban J connectivity index is 2.04. The van der Waals surface area contributed by atoms with E-state index in [0.29, 0.717) is 19.6 Å². The second-order valence-corrected chi connectivity index (χ2v) is 6.04. The van der Waals surface area contributed by atoms with Gasteiger partial charge in [0.05, 0.1) is 25.3 Å². The smallest absolute Gasteiger partial charge is 0.223 e. The van der Waals surface area contributed by atoms with Gasteiger partial charge in [-0.2, -0.15) is 0 Å². The molecule has 4 heteroatoms. The number of amides is 1. The molecule has 4 nitrogen and oxygen atoms in total. The Labute approximate surface area is 97.3 Å². The fourth-order valence-electron chi connectivity index (χ4n) is 2.48. The molecule has 2 saturated heterocycles. The number of carbonyl (C=O) groups is 1. The maximum absolute atomic E-state index is 12.3. The van der Waals surface area contributed by atoms with E-state index < -0.39 is 0 Å². The van der Waals surface area contributed by atoms with Crippen molar-refractivity contribution in [2.75, 3.05) is 26.3 Å². The zero-order valence-electron chi connectivity index (χ0n) is 10.5. The zero-order valence-corrected chi connectivity index (χ0v) is 10.5. The number of carbonyl (C=O) groups excluding carboxylic acids is 1. The van der Waals surface area contributed by atoms with Gasteiger partial charge in [-0.3, -0.25) is 4.79 Å². The molecule has 0 aromatic rings. The normalized spacial score (nSPS) is 30.3. The second kappa shape index (κ2) is 4.34. The van der Waals surface area contributed by atoms with Crippen molar-refractivity contribution in [3.05, 3.63) is 0 Å². The maximum atomic E-state index is 12.3. The Hall–Kier alpha value is -0.610. The van der Waals surface area contributed by atoms with Crippen molar-refractivity contribution in [2.45, 2.75) is 39.3 Å². The first kappa shape index (κ1) is 11.9. The van der Waals surface area contributed by atoms with Gasteiger partial charge in [0.2, 0.25) is 5.91 Å². The number of nitrogens with one attached hydrogen (secondary N) is 1. The molecule has 2 fully saturated rings. The van der Waals surface area contributed by atoms with Gasteiger partial charge in [0, 0.05) is 19.5 Å². The molecule has 0 unspecified atom stereocenters. The van der Waals surface area contributed by atoms with Crippen LogP contribution in [0.4, 0.5) is 0 Å². The lowest BCUT2D eigenvalue weighted by Gasteiger charge is -2.46. The number of hydrogen-bond donors (Lipinski definition) is 1. The van der Waals surface area contributed by atoms with Crippen LogP contribution in [0.25, 0.3) is 0 Å². The lowest BCUT2D eigenvalue weighted by molar-refractivity contribution is -0.150. The number of nitrogens with zero attached hydrogens (tertiary/aromatic N) is 1. The number of piperazine rings is 1. The number of ether oxygens (including phenoxy) is 1. The molecule has 1 amide bonds. The highest BCUT2D eigenvalue weighted by Gasteiger charge is 2.38. The summed E-state index contributed by atoms with van der Waals surface area (Å²) in [6.45, 7) is 9.43. The van der Waals surface area contributed by atoms with E-state index in [1.54, 1.807) is 0 Å². The third-order valence-electron chi connectivity index (χ3n) is 3.14. The highest BCUT2D eigenvalue weighted by Crippen LogP contribution is 2.24. The largest absolute Gasteiger partial charge is 0.377 e. The summed E-state index contributed by atoms with van der Waals surface area (Å²) in [7, 11) is 0. The van der Waals surface area contributed by atoms with Crippen LogP contribution in [0, 0.1) is 5.41 Å². The molecule has 16 heavy (non-hydrogen) atoms. The molecule has 0 aromatic carbocycles. The van der Waals surface area contributed by atoms with Crippen molar-refractivity contribution in [3.8, 4) is 0 Å². The summed E-state index contributed by atoms with van der Waals surface area (Å²) in [6, 6.07) is 0.477. The average Bonchev–Trinajstić information content (AvgIpc) is 2.13. The highest BCUT2D eigenvalue weighted by atomic mass is 16.5. The van der Waals surface area contributed by atoms with Gasteiger partial charge in [0.15, 0.2) is 0 Å². The minimum absolute atomic E-state index is 0.0666. The first-order valence-electron chi connectivity index (χ1n) is 6.07. The minimum Gasteiger partial charge on any atom is -0.377 e. The minimum atomic E-state index is 0.0666. The van der Waals surface area contributed by atoms with E-state index in [4.69, 9.17) is 4.74 Å². The summed E-state index contributed by atoms with van der Waals surface area (Å²) < 4.78 is 5.51. The van der Waals surface area contributed by atoms with E-state index in [-0.39, 0.29) is 23.4 Å². The van der Waals surface area contributed by atoms with Gasteiger partial charge in [-0.25, -0.2) is 0 Å². The molecule has 2 atom stereocenters. The van der Waals surface area contributed by atoms with E-state index in [2.05, 4.69) is 31.0 Å². The van der Waals surface area contributed by atoms with Crippen molar-refractivity contribution in [1.29, 1.82) is 0 Å². The third-order valence-corrected chi connectivity index (χ3v) is 3.14. The molecule has 0 saturated carbocycles. The van der Waals surface area contributed by atoms with E-state index in [1.807, 2.05) is 0 Å². The summed E-state index contributed by atoms with van der Waals surface area (Å²) in [6.07, 6.45) is 0.625. The number of fused-ring (bicyclic) bond motifs is 2. The van der Waals surface area contributed by atoms with Crippen LogP contribution in [-0.2, 0) is 9.53 Å². The Morgan fingerprint density at radius 2 is 1.88 bits per heavy atom. The molecule has 2 bridgehead atoms. The molecule has 0 spiro atoms. The lowest BCUT2D eigenvalue weighted by atomic mass is 9.90. The topological polar surface area (TPSA) is 41.6 Å². The molecular weight excluding hydrogens is 204 g/mol. The first-order chi connectivity index (χ1) is 7.47. The van der Waals surface area contributed by atoms with Crippen molar-refractivity contribution in [1.82, 2.24) is 10.2 Å². The van der Waals surface area contributed by atoms with Gasteiger partial charge >= 0.3 is 0 Å². The van der Waals surface area contributed by atoms with Gasteiger partial charge in [-0.1, -0.05) is 20.8 Å². The predicted molar refractivity (Wildman–Crippen MR) is 62.2 cm³/mol. The monoisotopic (exact) mass is 226 g/mol. The fourth-order valence-corrected chi connectivity index (χ4v) is 2.48. The summed E-state index contributed by atoms with van der Waals surface area (Å²) in [5, 5.41) is 3.36. The molecule has 2 aliphatic rings. The first-order valence-corrected chi connectivity index (χ1v) is 6.07. The van der Waals surface area contributed by atoms with Crippen LogP contribution < -0.4 is 5.32 Å². The molecule has 1 N–H and O–H groups in total. The van der Waals surface area contributed by atoms with Crippen molar-refractivity contribution in [2.24, 2.45) is 5.41 Å². The quantitative estimate of drug-likeness (QED) is 0.713. The van der Waals surface area contributed by atoms with Crippen molar-refractivity contribution >= 4 is 5.91 Å². The summed E-state index contributed by atoms with van der Waals surface area (Å²) in [5.74, 6) is 0.285. The highest BCUT2D eigenvalue weighted by molar-refractivity contribution is 5.78. The Morgan fingerprint density at radius 3 is 2.38 bits per heavy atom. The van der Waals surface area contributed by atoms with Crippen LogP contribution in [-0.4, -0.2) is 49.2 Å². The number of rotatable bonds is 1. The molecule has 2 aliphatic heterocycles. The summed E-state index contributed by atoms with van der Waals surface area (Å²) >= 11 is 0. The van der Waals surface area contributed by atoms with Gasteiger partial charge in [0.25, 0.3) is 0 Å². The van der Waals surface area contributed by atoms with E-state index in [9.17, 15) is 4.79 Å². The number of hydrogen-bond acceptors (Lipinski definition) is 3. The second-order valence-electron chi connectivity index (χ2n) is 6.04. The van der Waals surface area contributed by atoms with Crippen LogP contribution in [0.1, 0.15) is 27.2 Å². The number of morpholine rings is 1. The zero-order chi connectivity index (χ0) is 11.8. The van der Waals surface area contributed by atoms with Crippen LogP contribution in [0.3, 0.4) is 0 Å². The van der Waals surface area contributed by atoms with Crippen LogP contribution in [0.2, 0.25) is 0 Å². The van der Waals surface area contributed by atoms with Crippen LogP contribution in [0.15, 0.2) is 0 Å². The van der Waals surface area contributed by atoms with Crippen molar-refractivity contribution < 1.29 is 9.53 Å². The predicted octanol–water partition coefficient (Wildman–Crippen LogP) is 0.622. The van der Waals surface area contributed by atoms with E-state index in [0.717, 1.165) is 13.1 Å². The molecule has 2 heterocycles. The van der Waals surface area contributed by atoms with E-state index >= 15 is 0 Å². The lowest BCUT2D eigenvalue weighted by Crippen LogP contribution is -2.65. The summed E-state index contributed by atoms with van der Waals surface area (Å²) in [5.41, 5.74) is 0.0666. The maximum Gasteiger partial charge on any atom is 0.223 e. The van der Waals surface area contributed by atoms with Gasteiger partial charge in [0.1, 0.15) is 0 Å². The Kier molecular flexibility index (Phi) is 3.22. The van der Waals surface area contributed by atoms with Crippen molar-refractivity contribution in [3.63, 3.8) is 0 Å². The molecule has 2 rings (SSSR count). The van der Waals surface area contributed by atoms with Gasteiger partial charge in [-0.05, 0) is 5.41 Å². The molecular formula is C12H22N2O2. The molecule has 92 valence electrons. The Bertz CT molecular complexity index is 251. The third kappa shape index (κ3) is 2.55. The van der Waals surface area contributed by atoms with Crippen LogP contribution >= 0.6 is 0 Å². The summed E-state index contributed by atoms with van der Waals surface area (Å²) in [4.78, 5) is 14.3. The standard InChI is InChI=1S/C12H22N2O2/c1-12(2,3)4-11(15)14-9-5-13-6-10(14)8-16-7-9/h9-10,13H,4-8H2,1-3H3/t9-,10+. The molecule has 0 aliphatic carbocycles. The van der Waals surface area contributed by atoms with Crippen LogP contribution in [0.5, 0.6) is 0 Å². The Morgan fingerprint density at radius 1 is 1.31 bits per heavy atom. The average molecular weight is 226 g/mol. The fraction of sp³-hybridized carbons (Fsp3) is 0.917. The molecule has 0 aromatic heterocycles.